The van der Waals surface area contributed by atoms with Crippen LogP contribution in [0.3, 0.4) is 0 Å². The van der Waals surface area contributed by atoms with Crippen molar-refractivity contribution in [2.45, 2.75) is 18.4 Å². The average Bonchev–Trinajstić information content (AvgIpc) is 3.18. The van der Waals surface area contributed by atoms with Crippen LogP contribution >= 0.6 is 23.2 Å². The van der Waals surface area contributed by atoms with Crippen molar-refractivity contribution in [3.05, 3.63) is 142 Å². The van der Waals surface area contributed by atoms with E-state index < -0.39 is 10.0 Å². The zero-order valence-electron chi connectivity index (χ0n) is 28.3. The van der Waals surface area contributed by atoms with E-state index in [9.17, 15) is 13.2 Å². The van der Waals surface area contributed by atoms with E-state index in [1.54, 1.807) is 65.6 Å². The number of carbonyl (C=O) groups is 1. The molecule has 12 heteroatoms. The number of benzene rings is 5. The Labute approximate surface area is 313 Å². The number of hydrogen-bond donors (Lipinski definition) is 0. The summed E-state index contributed by atoms with van der Waals surface area (Å²) in [5.41, 5.74) is 3.92. The zero-order valence-corrected chi connectivity index (χ0v) is 30.7. The lowest BCUT2D eigenvalue weighted by molar-refractivity contribution is 0.0746. The predicted molar refractivity (Wildman–Crippen MR) is 207 cm³/mol. The van der Waals surface area contributed by atoms with Crippen molar-refractivity contribution in [1.29, 1.82) is 0 Å². The Balaban J connectivity index is 1.13. The molecule has 264 valence electrons. The summed E-state index contributed by atoms with van der Waals surface area (Å²) in [6.45, 7) is 4.04. The van der Waals surface area contributed by atoms with Crippen molar-refractivity contribution in [2.75, 3.05) is 42.0 Å². The maximum Gasteiger partial charge on any atom is 0.264 e. The molecule has 0 aliphatic carbocycles. The van der Waals surface area contributed by atoms with Crippen molar-refractivity contribution in [1.82, 2.24) is 14.9 Å². The van der Waals surface area contributed by atoms with E-state index in [2.05, 4.69) is 4.90 Å². The Bertz CT molecular complexity index is 2340. The highest BCUT2D eigenvalue weighted by molar-refractivity contribution is 7.92. The first kappa shape index (κ1) is 35.3. The first-order valence-corrected chi connectivity index (χ1v) is 19.1. The average molecular weight is 753 g/mol. The van der Waals surface area contributed by atoms with Gasteiger partial charge in [-0.1, -0.05) is 83.9 Å². The maximum atomic E-state index is 14.4. The highest BCUT2D eigenvalue weighted by atomic mass is 35.5. The van der Waals surface area contributed by atoms with Crippen molar-refractivity contribution < 1.29 is 17.9 Å². The molecule has 1 saturated heterocycles. The van der Waals surface area contributed by atoms with Crippen LogP contribution in [0.4, 0.5) is 11.6 Å². The summed E-state index contributed by atoms with van der Waals surface area (Å²) in [6.07, 6.45) is 0. The highest BCUT2D eigenvalue weighted by Crippen LogP contribution is 2.35. The summed E-state index contributed by atoms with van der Waals surface area (Å²) in [5.74, 6) is 0.749. The Morgan fingerprint density at radius 3 is 2.25 bits per heavy atom. The molecule has 0 radical (unpaired) electrons. The normalized spacial score (nSPS) is 13.3. The number of piperazine rings is 1. The van der Waals surface area contributed by atoms with Crippen LogP contribution in [0, 0.1) is 0 Å². The van der Waals surface area contributed by atoms with E-state index in [0.29, 0.717) is 60.2 Å². The van der Waals surface area contributed by atoms with Crippen molar-refractivity contribution in [2.24, 2.45) is 0 Å². The van der Waals surface area contributed by atoms with Gasteiger partial charge in [0.1, 0.15) is 5.75 Å². The molecule has 52 heavy (non-hydrogen) atoms. The molecule has 1 fully saturated rings. The van der Waals surface area contributed by atoms with Crippen LogP contribution < -0.4 is 13.9 Å². The third-order valence-corrected chi connectivity index (χ3v) is 11.1. The van der Waals surface area contributed by atoms with E-state index in [0.717, 1.165) is 27.7 Å². The molecule has 5 aromatic carbocycles. The molecule has 0 spiro atoms. The first-order valence-electron chi connectivity index (χ1n) is 16.9. The number of sulfonamides is 1. The Morgan fingerprint density at radius 1 is 0.788 bits per heavy atom. The number of fused-ring (bicyclic) bond motifs is 1. The van der Waals surface area contributed by atoms with Gasteiger partial charge in [-0.2, -0.15) is 0 Å². The molecule has 1 amide bonds. The second-order valence-corrected chi connectivity index (χ2v) is 15.0. The van der Waals surface area contributed by atoms with E-state index in [-0.39, 0.29) is 22.9 Å². The van der Waals surface area contributed by atoms with Gasteiger partial charge in [-0.05, 0) is 73.2 Å². The highest BCUT2D eigenvalue weighted by Gasteiger charge is 2.30. The van der Waals surface area contributed by atoms with Gasteiger partial charge >= 0.3 is 0 Å². The number of carbonyl (C=O) groups excluding carboxylic acids is 1. The van der Waals surface area contributed by atoms with Gasteiger partial charge in [-0.15, -0.1) is 0 Å². The second-order valence-electron chi connectivity index (χ2n) is 12.2. The molecule has 0 saturated carbocycles. The zero-order chi connectivity index (χ0) is 36.2. The number of ether oxygens (including phenoxy) is 1. The van der Waals surface area contributed by atoms with Crippen LogP contribution in [0.25, 0.3) is 22.2 Å². The third kappa shape index (κ3) is 7.41. The number of aromatic nitrogens is 2. The van der Waals surface area contributed by atoms with Gasteiger partial charge in [-0.3, -0.25) is 9.10 Å². The predicted octanol–water partition coefficient (Wildman–Crippen LogP) is 8.36. The Hall–Kier alpha value is -5.16. The standard InChI is InChI=1S/C40H35Cl2N5O4S/c1-2-51-37-14-7-6-13-36(37)47(27-28-15-17-31(41)18-16-28)52(49,50)33-12-8-11-30(25-33)39(48)45-21-23-46(24-22-45)40-43-35-20-19-32(42)26-34(35)38(44-40)29-9-4-3-5-10-29/h3-20,25-26H,2,21-24,27H2,1H3. The lowest BCUT2D eigenvalue weighted by Crippen LogP contribution is -2.49. The summed E-state index contributed by atoms with van der Waals surface area (Å²) >= 11 is 12.5. The van der Waals surface area contributed by atoms with Crippen LogP contribution in [0.5, 0.6) is 5.75 Å². The summed E-state index contributed by atoms with van der Waals surface area (Å²) in [7, 11) is -4.17. The number of amides is 1. The Morgan fingerprint density at radius 2 is 1.50 bits per heavy atom. The topological polar surface area (TPSA) is 95.9 Å². The minimum atomic E-state index is -4.17. The number of nitrogens with zero attached hydrogens (tertiary/aromatic N) is 5. The number of rotatable bonds is 10. The molecule has 1 aromatic heterocycles. The fraction of sp³-hybridized carbons (Fsp3) is 0.175. The van der Waals surface area contributed by atoms with Gasteiger partial charge in [0.15, 0.2) is 0 Å². The van der Waals surface area contributed by atoms with Crippen LogP contribution in [0.2, 0.25) is 10.0 Å². The van der Waals surface area contributed by atoms with E-state index in [1.165, 1.54) is 16.4 Å². The smallest absolute Gasteiger partial charge is 0.264 e. The van der Waals surface area contributed by atoms with Crippen molar-refractivity contribution in [3.63, 3.8) is 0 Å². The lowest BCUT2D eigenvalue weighted by Gasteiger charge is -2.35. The van der Waals surface area contributed by atoms with Gasteiger partial charge in [0.05, 0.1) is 34.9 Å². The van der Waals surface area contributed by atoms with Gasteiger partial charge in [0.2, 0.25) is 5.95 Å². The third-order valence-electron chi connectivity index (χ3n) is 8.89. The molecule has 7 rings (SSSR count). The van der Waals surface area contributed by atoms with Crippen molar-refractivity contribution in [3.8, 4) is 17.0 Å². The summed E-state index contributed by atoms with van der Waals surface area (Å²) in [5, 5.41) is 2.01. The van der Waals surface area contributed by atoms with Crippen LogP contribution in [-0.2, 0) is 16.6 Å². The second kappa shape index (κ2) is 15.2. The van der Waals surface area contributed by atoms with E-state index in [1.807, 2.05) is 55.5 Å². The van der Waals surface area contributed by atoms with Crippen LogP contribution in [-0.4, -0.2) is 62.0 Å². The van der Waals surface area contributed by atoms with E-state index >= 15 is 0 Å². The van der Waals surface area contributed by atoms with Crippen LogP contribution in [0.15, 0.2) is 126 Å². The molecule has 0 N–H and O–H groups in total. The quantitative estimate of drug-likeness (QED) is 0.139. The van der Waals surface area contributed by atoms with E-state index in [4.69, 9.17) is 37.9 Å². The number of halogens is 2. The number of para-hydroxylation sites is 2. The monoisotopic (exact) mass is 751 g/mol. The molecule has 1 aliphatic rings. The molecule has 0 atom stereocenters. The molecule has 6 aromatic rings. The van der Waals surface area contributed by atoms with Gasteiger partial charge in [0.25, 0.3) is 15.9 Å². The number of anilines is 2. The van der Waals surface area contributed by atoms with Crippen LogP contribution in [0.1, 0.15) is 22.8 Å². The summed E-state index contributed by atoms with van der Waals surface area (Å²) in [4.78, 5) is 27.5. The van der Waals surface area contributed by atoms with Gasteiger partial charge < -0.3 is 14.5 Å². The molecule has 9 nitrogen and oxygen atoms in total. The fourth-order valence-electron chi connectivity index (χ4n) is 6.25. The van der Waals surface area contributed by atoms with Gasteiger partial charge in [-0.25, -0.2) is 18.4 Å². The summed E-state index contributed by atoms with van der Waals surface area (Å²) in [6, 6.07) is 35.7. The van der Waals surface area contributed by atoms with Crippen molar-refractivity contribution >= 4 is 61.7 Å². The summed E-state index contributed by atoms with van der Waals surface area (Å²) < 4.78 is 36.0. The SMILES string of the molecule is CCOc1ccccc1N(Cc1ccc(Cl)cc1)S(=O)(=O)c1cccc(C(=O)N2CCN(c3nc(-c4ccccc4)c4cc(Cl)ccc4n3)CC2)c1. The van der Waals surface area contributed by atoms with Gasteiger partial charge in [0, 0.05) is 52.7 Å². The molecule has 2 heterocycles. The molecular formula is C40H35Cl2N5O4S. The number of hydrogen-bond acceptors (Lipinski definition) is 7. The molecule has 0 bridgehead atoms. The lowest BCUT2D eigenvalue weighted by atomic mass is 10.1. The molecular weight excluding hydrogens is 717 g/mol. The minimum absolute atomic E-state index is 0.00430. The Kier molecular flexibility index (Phi) is 10.3. The molecule has 0 unspecified atom stereocenters. The first-order chi connectivity index (χ1) is 25.2. The fourth-order valence-corrected chi connectivity index (χ4v) is 8.06. The largest absolute Gasteiger partial charge is 0.492 e. The minimum Gasteiger partial charge on any atom is -0.492 e. The molecule has 1 aliphatic heterocycles. The maximum absolute atomic E-state index is 14.4.